The van der Waals surface area contributed by atoms with Gasteiger partial charge in [-0.2, -0.15) is 23.5 Å². The third kappa shape index (κ3) is 4.79. The molecule has 2 aliphatic rings. The van der Waals surface area contributed by atoms with Crippen LogP contribution in [0.2, 0.25) is 0 Å². The number of aliphatic hydroxyl groups excluding tert-OH is 1. The van der Waals surface area contributed by atoms with Crippen molar-refractivity contribution in [2.24, 2.45) is 25.9 Å². The Bertz CT molecular complexity index is 1460. The number of amides is 1. The molecule has 3 N–H and O–H groups in total. The molecule has 2 saturated carbocycles. The first-order chi connectivity index (χ1) is 18.3. The number of benzene rings is 1. The quantitative estimate of drug-likeness (QED) is 0.418. The summed E-state index contributed by atoms with van der Waals surface area (Å²) in [4.78, 5) is 17.6. The number of nitriles is 1. The summed E-state index contributed by atoms with van der Waals surface area (Å²) < 4.78 is 55.4. The van der Waals surface area contributed by atoms with Crippen LogP contribution in [0.15, 0.2) is 30.6 Å². The minimum absolute atomic E-state index is 0.0408. The Kier molecular flexibility index (Phi) is 6.51. The second-order valence-electron chi connectivity index (χ2n) is 10.5. The number of carbonyl (C=O) groups excluding carboxylic acids is 1. The highest BCUT2D eigenvalue weighted by Crippen LogP contribution is 2.57. The van der Waals surface area contributed by atoms with E-state index in [0.717, 1.165) is 12.1 Å². The molecule has 0 spiro atoms. The summed E-state index contributed by atoms with van der Waals surface area (Å²) in [7, 11) is 3.12. The summed E-state index contributed by atoms with van der Waals surface area (Å²) in [5.41, 5.74) is -0.734. The number of carbonyl (C=O) groups is 1. The molecule has 13 heteroatoms. The topological polar surface area (TPSA) is 129 Å². The van der Waals surface area contributed by atoms with Gasteiger partial charge in [-0.3, -0.25) is 9.48 Å². The van der Waals surface area contributed by atoms with E-state index >= 15 is 0 Å². The third-order valence-electron chi connectivity index (χ3n) is 7.92. The minimum Gasteiger partial charge on any atom is -0.384 e. The van der Waals surface area contributed by atoms with E-state index in [1.54, 1.807) is 17.7 Å². The molecule has 3 unspecified atom stereocenters. The third-order valence-corrected chi connectivity index (χ3v) is 7.92. The fourth-order valence-corrected chi connectivity index (χ4v) is 6.22. The smallest absolute Gasteiger partial charge is 0.384 e. The minimum atomic E-state index is -4.87. The number of nitrogens with zero attached hydrogens (tertiary/aromatic N) is 5. The van der Waals surface area contributed by atoms with Gasteiger partial charge in [0, 0.05) is 25.7 Å². The first-order valence-corrected chi connectivity index (χ1v) is 12.3. The Morgan fingerprint density at radius 2 is 1.90 bits per heavy atom. The Balaban J connectivity index is 1.31. The van der Waals surface area contributed by atoms with Crippen LogP contribution in [-0.2, 0) is 19.7 Å². The number of nitrogens with one attached hydrogen (secondary N) is 1. The maximum Gasteiger partial charge on any atom is 0.420 e. The molecule has 2 heterocycles. The van der Waals surface area contributed by atoms with Gasteiger partial charge in [0.05, 0.1) is 23.3 Å². The standard InChI is InChI=1S/C26H26F4N6O3/c1-35-12-32-21(22(35)24(38)33-17-3-4-18(27)16(7-17)11-31)13-5-14-9-25(39,10-15(14)6-13)20-8-19(34-36(20)2)23(37)26(28,29)30/h3-4,7-8,12-15,23,37,39H,5-6,9-10H2,1-2H3,(H,33,38). The zero-order valence-electron chi connectivity index (χ0n) is 21.1. The number of halogens is 4. The molecule has 3 atom stereocenters. The molecule has 9 nitrogen and oxygen atoms in total. The van der Waals surface area contributed by atoms with Gasteiger partial charge in [-0.15, -0.1) is 0 Å². The number of hydrogen-bond acceptors (Lipinski definition) is 6. The number of fused-ring (bicyclic) bond motifs is 1. The molecule has 1 amide bonds. The average molecular weight is 547 g/mol. The van der Waals surface area contributed by atoms with Crippen molar-refractivity contribution < 1.29 is 32.6 Å². The van der Waals surface area contributed by atoms with Gasteiger partial charge in [-0.25, -0.2) is 9.37 Å². The lowest BCUT2D eigenvalue weighted by atomic mass is 9.90. The van der Waals surface area contributed by atoms with Gasteiger partial charge < -0.3 is 20.1 Å². The van der Waals surface area contributed by atoms with Crippen molar-refractivity contribution in [3.05, 3.63) is 64.7 Å². The van der Waals surface area contributed by atoms with Gasteiger partial charge in [-0.1, -0.05) is 0 Å². The van der Waals surface area contributed by atoms with E-state index < -0.39 is 35.3 Å². The Morgan fingerprint density at radius 3 is 2.51 bits per heavy atom. The van der Waals surface area contributed by atoms with E-state index in [1.165, 1.54) is 30.2 Å². The second kappa shape index (κ2) is 9.46. The van der Waals surface area contributed by atoms with Crippen LogP contribution in [0.4, 0.5) is 23.2 Å². The van der Waals surface area contributed by atoms with Crippen LogP contribution >= 0.6 is 0 Å². The summed E-state index contributed by atoms with van der Waals surface area (Å²) in [6.07, 6.45) is -4.23. The molecule has 2 aromatic heterocycles. The molecule has 0 aliphatic heterocycles. The zero-order chi connectivity index (χ0) is 28.3. The largest absolute Gasteiger partial charge is 0.420 e. The molecule has 5 rings (SSSR count). The van der Waals surface area contributed by atoms with Crippen molar-refractivity contribution in [2.75, 3.05) is 5.32 Å². The Labute approximate surface area is 220 Å². The molecular formula is C26H26F4N6O3. The maximum absolute atomic E-state index is 13.7. The lowest BCUT2D eigenvalue weighted by molar-refractivity contribution is -0.208. The molecule has 1 aromatic carbocycles. The fraction of sp³-hybridized carbons (Fsp3) is 0.462. The summed E-state index contributed by atoms with van der Waals surface area (Å²) in [6, 6.07) is 6.57. The van der Waals surface area contributed by atoms with E-state index in [9.17, 15) is 32.6 Å². The lowest BCUT2D eigenvalue weighted by Crippen LogP contribution is -2.26. The van der Waals surface area contributed by atoms with Crippen LogP contribution in [0.5, 0.6) is 0 Å². The van der Waals surface area contributed by atoms with Crippen LogP contribution in [0, 0.1) is 29.0 Å². The van der Waals surface area contributed by atoms with Crippen LogP contribution in [0.25, 0.3) is 0 Å². The highest BCUT2D eigenvalue weighted by Gasteiger charge is 2.52. The highest BCUT2D eigenvalue weighted by molar-refractivity contribution is 6.04. The van der Waals surface area contributed by atoms with Crippen molar-refractivity contribution in [1.29, 1.82) is 5.26 Å². The fourth-order valence-electron chi connectivity index (χ4n) is 6.22. The number of aliphatic hydroxyl groups is 2. The van der Waals surface area contributed by atoms with Gasteiger partial charge in [-0.05, 0) is 61.8 Å². The summed E-state index contributed by atoms with van der Waals surface area (Å²) in [5, 5.41) is 36.6. The molecule has 206 valence electrons. The molecular weight excluding hydrogens is 520 g/mol. The van der Waals surface area contributed by atoms with Crippen LogP contribution in [0.1, 0.15) is 70.8 Å². The first kappa shape index (κ1) is 26.8. The number of alkyl halides is 3. The molecule has 2 aliphatic carbocycles. The lowest BCUT2D eigenvalue weighted by Gasteiger charge is -2.25. The molecule has 2 fully saturated rings. The van der Waals surface area contributed by atoms with Gasteiger partial charge >= 0.3 is 6.18 Å². The Morgan fingerprint density at radius 1 is 1.23 bits per heavy atom. The molecule has 0 radical (unpaired) electrons. The maximum atomic E-state index is 13.7. The molecule has 0 bridgehead atoms. The number of rotatable bonds is 5. The SMILES string of the molecule is Cn1cnc(C2CC3CC(O)(c4cc(C(O)C(F)(F)F)nn4C)CC3C2)c1C(=O)Nc1ccc(F)c(C#N)c1. The van der Waals surface area contributed by atoms with Gasteiger partial charge in [0.25, 0.3) is 5.91 Å². The summed E-state index contributed by atoms with van der Waals surface area (Å²) in [5.74, 6) is -1.14. The van der Waals surface area contributed by atoms with Crippen molar-refractivity contribution in [2.45, 2.75) is 49.5 Å². The van der Waals surface area contributed by atoms with Crippen molar-refractivity contribution in [3.63, 3.8) is 0 Å². The van der Waals surface area contributed by atoms with Gasteiger partial charge in [0.15, 0.2) is 6.10 Å². The molecule has 3 aromatic rings. The van der Waals surface area contributed by atoms with E-state index in [-0.39, 0.29) is 34.7 Å². The highest BCUT2D eigenvalue weighted by atomic mass is 19.4. The van der Waals surface area contributed by atoms with Crippen molar-refractivity contribution >= 4 is 11.6 Å². The summed E-state index contributed by atoms with van der Waals surface area (Å²) >= 11 is 0. The van der Waals surface area contributed by atoms with Gasteiger partial charge in [0.2, 0.25) is 0 Å². The van der Waals surface area contributed by atoms with Crippen LogP contribution in [-0.4, -0.2) is 41.6 Å². The average Bonchev–Trinajstić information content (AvgIpc) is 3.60. The monoisotopic (exact) mass is 546 g/mol. The van der Waals surface area contributed by atoms with Crippen LogP contribution < -0.4 is 5.32 Å². The second-order valence-corrected chi connectivity index (χ2v) is 10.5. The van der Waals surface area contributed by atoms with Crippen molar-refractivity contribution in [1.82, 2.24) is 19.3 Å². The number of imidazole rings is 1. The van der Waals surface area contributed by atoms with Crippen LogP contribution in [0.3, 0.4) is 0 Å². The summed E-state index contributed by atoms with van der Waals surface area (Å²) in [6.45, 7) is 0. The van der Waals surface area contributed by atoms with Gasteiger partial charge in [0.1, 0.15) is 28.9 Å². The number of hydrogen-bond donors (Lipinski definition) is 3. The first-order valence-electron chi connectivity index (χ1n) is 12.3. The predicted molar refractivity (Wildman–Crippen MR) is 129 cm³/mol. The Hall–Kier alpha value is -3.76. The predicted octanol–water partition coefficient (Wildman–Crippen LogP) is 3.80. The number of anilines is 1. The molecule has 39 heavy (non-hydrogen) atoms. The van der Waals surface area contributed by atoms with E-state index in [2.05, 4.69) is 15.4 Å². The number of aromatic nitrogens is 4. The van der Waals surface area contributed by atoms with E-state index in [1.807, 2.05) is 0 Å². The van der Waals surface area contributed by atoms with E-state index in [0.29, 0.717) is 37.1 Å². The molecule has 0 saturated heterocycles. The normalized spacial score (nSPS) is 25.4. The van der Waals surface area contributed by atoms with E-state index in [4.69, 9.17) is 5.26 Å². The zero-order valence-corrected chi connectivity index (χ0v) is 21.1. The number of aryl methyl sites for hydroxylation is 2. The van der Waals surface area contributed by atoms with Crippen molar-refractivity contribution in [3.8, 4) is 6.07 Å².